The Morgan fingerprint density at radius 2 is 1.88 bits per heavy atom. The topological polar surface area (TPSA) is 56.8 Å². The highest BCUT2D eigenvalue weighted by molar-refractivity contribution is 5.93. The van der Waals surface area contributed by atoms with E-state index in [4.69, 9.17) is 14.3 Å². The van der Waals surface area contributed by atoms with E-state index in [0.29, 0.717) is 24.5 Å². The smallest absolute Gasteiger partial charge is 0.274 e. The summed E-state index contributed by atoms with van der Waals surface area (Å²) in [6.45, 7) is 0.751. The van der Waals surface area contributed by atoms with Gasteiger partial charge >= 0.3 is 0 Å². The first-order chi connectivity index (χ1) is 7.77. The van der Waals surface area contributed by atoms with E-state index in [1.54, 1.807) is 38.5 Å². The van der Waals surface area contributed by atoms with Crippen molar-refractivity contribution < 1.29 is 19.1 Å². The highest BCUT2D eigenvalue weighted by Gasteiger charge is 2.04. The van der Waals surface area contributed by atoms with E-state index >= 15 is 0 Å². The van der Waals surface area contributed by atoms with Crippen molar-refractivity contribution in [2.75, 3.05) is 27.4 Å². The molecule has 1 rings (SSSR count). The maximum Gasteiger partial charge on any atom is 0.274 e. The lowest BCUT2D eigenvalue weighted by Gasteiger charge is -2.05. The minimum absolute atomic E-state index is 0.293. The number of amides is 1. The third kappa shape index (κ3) is 3.88. The van der Waals surface area contributed by atoms with Crippen LogP contribution < -0.4 is 10.2 Å². The molecule has 0 atom stereocenters. The third-order valence-electron chi connectivity index (χ3n) is 1.91. The first kappa shape index (κ1) is 12.5. The molecule has 0 aliphatic heterocycles. The van der Waals surface area contributed by atoms with Crippen LogP contribution in [0.25, 0.3) is 0 Å². The standard InChI is InChI=1S/C11H15NO4/c1-14-7-8-16-12-11(13)9-3-5-10(15-2)6-4-9/h3-6H,7-8H2,1-2H3,(H,12,13). The van der Waals surface area contributed by atoms with Gasteiger partial charge in [0.2, 0.25) is 0 Å². The molecule has 0 aromatic heterocycles. The van der Waals surface area contributed by atoms with Gasteiger partial charge in [-0.05, 0) is 24.3 Å². The predicted octanol–water partition coefficient (Wildman–Crippen LogP) is 1.00. The number of carbonyl (C=O) groups excluding carboxylic acids is 1. The molecule has 0 saturated carbocycles. The van der Waals surface area contributed by atoms with Crippen LogP contribution in [0, 0.1) is 0 Å². The Balaban J connectivity index is 2.40. The Morgan fingerprint density at radius 1 is 1.19 bits per heavy atom. The average molecular weight is 225 g/mol. The largest absolute Gasteiger partial charge is 0.497 e. The quantitative estimate of drug-likeness (QED) is 0.579. The Bertz CT molecular complexity index is 323. The van der Waals surface area contributed by atoms with Crippen LogP contribution in [0.2, 0.25) is 0 Å². The first-order valence-corrected chi connectivity index (χ1v) is 4.83. The van der Waals surface area contributed by atoms with Crippen molar-refractivity contribution in [1.29, 1.82) is 0 Å². The van der Waals surface area contributed by atoms with Crippen molar-refractivity contribution in [2.45, 2.75) is 0 Å². The van der Waals surface area contributed by atoms with E-state index in [-0.39, 0.29) is 5.91 Å². The molecule has 0 heterocycles. The van der Waals surface area contributed by atoms with Crippen LogP contribution in [-0.4, -0.2) is 33.3 Å². The molecule has 1 amide bonds. The van der Waals surface area contributed by atoms with E-state index < -0.39 is 0 Å². The van der Waals surface area contributed by atoms with Gasteiger partial charge in [-0.25, -0.2) is 5.48 Å². The van der Waals surface area contributed by atoms with Crippen molar-refractivity contribution in [2.24, 2.45) is 0 Å². The maximum absolute atomic E-state index is 11.5. The van der Waals surface area contributed by atoms with Crippen LogP contribution in [-0.2, 0) is 9.57 Å². The molecule has 5 nitrogen and oxygen atoms in total. The van der Waals surface area contributed by atoms with E-state index in [1.165, 1.54) is 0 Å². The Morgan fingerprint density at radius 3 is 2.44 bits per heavy atom. The molecule has 88 valence electrons. The molecule has 0 spiro atoms. The lowest BCUT2D eigenvalue weighted by Crippen LogP contribution is -2.25. The van der Waals surface area contributed by atoms with Crippen LogP contribution in [0.5, 0.6) is 5.75 Å². The van der Waals surface area contributed by atoms with Gasteiger partial charge in [0.1, 0.15) is 5.75 Å². The minimum Gasteiger partial charge on any atom is -0.497 e. The summed E-state index contributed by atoms with van der Waals surface area (Å²) in [7, 11) is 3.14. The molecule has 1 aromatic carbocycles. The number of hydrogen-bond acceptors (Lipinski definition) is 4. The fourth-order valence-electron chi connectivity index (χ4n) is 1.04. The van der Waals surface area contributed by atoms with Crippen molar-refractivity contribution >= 4 is 5.91 Å². The van der Waals surface area contributed by atoms with E-state index in [1.807, 2.05) is 0 Å². The van der Waals surface area contributed by atoms with Crippen molar-refractivity contribution in [3.05, 3.63) is 29.8 Å². The highest BCUT2D eigenvalue weighted by Crippen LogP contribution is 2.10. The molecule has 0 fully saturated rings. The lowest BCUT2D eigenvalue weighted by atomic mass is 10.2. The number of hydroxylamine groups is 1. The number of carbonyl (C=O) groups is 1. The molecular weight excluding hydrogens is 210 g/mol. The molecule has 0 saturated heterocycles. The van der Waals surface area contributed by atoms with Gasteiger partial charge in [0.15, 0.2) is 0 Å². The molecule has 0 radical (unpaired) electrons. The summed E-state index contributed by atoms with van der Waals surface area (Å²) in [5, 5.41) is 0. The lowest BCUT2D eigenvalue weighted by molar-refractivity contribution is 0.00888. The second kappa shape index (κ2) is 6.81. The summed E-state index contributed by atoms with van der Waals surface area (Å²) in [5.41, 5.74) is 2.82. The Hall–Kier alpha value is -1.59. The summed E-state index contributed by atoms with van der Waals surface area (Å²) in [6, 6.07) is 6.75. The van der Waals surface area contributed by atoms with Gasteiger partial charge in [-0.15, -0.1) is 0 Å². The van der Waals surface area contributed by atoms with Gasteiger partial charge in [0.05, 0.1) is 20.3 Å². The number of benzene rings is 1. The van der Waals surface area contributed by atoms with Crippen molar-refractivity contribution in [3.8, 4) is 5.75 Å². The second-order valence-corrected chi connectivity index (χ2v) is 3.00. The molecule has 16 heavy (non-hydrogen) atoms. The number of rotatable bonds is 6. The molecule has 0 unspecified atom stereocenters. The van der Waals surface area contributed by atoms with Gasteiger partial charge in [-0.1, -0.05) is 0 Å². The first-order valence-electron chi connectivity index (χ1n) is 4.83. The van der Waals surface area contributed by atoms with E-state index in [0.717, 1.165) is 0 Å². The summed E-state index contributed by atoms with van der Waals surface area (Å²) in [5.74, 6) is 0.413. The summed E-state index contributed by atoms with van der Waals surface area (Å²) in [6.07, 6.45) is 0. The Kier molecular flexibility index (Phi) is 5.31. The zero-order valence-electron chi connectivity index (χ0n) is 9.36. The van der Waals surface area contributed by atoms with Gasteiger partial charge in [-0.3, -0.25) is 9.63 Å². The van der Waals surface area contributed by atoms with Crippen LogP contribution >= 0.6 is 0 Å². The zero-order chi connectivity index (χ0) is 11.8. The summed E-state index contributed by atoms with van der Waals surface area (Å²) in [4.78, 5) is 16.4. The second-order valence-electron chi connectivity index (χ2n) is 3.00. The number of hydrogen-bond donors (Lipinski definition) is 1. The molecule has 0 aliphatic carbocycles. The number of methoxy groups -OCH3 is 2. The van der Waals surface area contributed by atoms with E-state index in [9.17, 15) is 4.79 Å². The van der Waals surface area contributed by atoms with Crippen molar-refractivity contribution in [3.63, 3.8) is 0 Å². The van der Waals surface area contributed by atoms with Crippen LogP contribution in [0.4, 0.5) is 0 Å². The number of ether oxygens (including phenoxy) is 2. The Labute approximate surface area is 94.3 Å². The monoisotopic (exact) mass is 225 g/mol. The van der Waals surface area contributed by atoms with Crippen molar-refractivity contribution in [1.82, 2.24) is 5.48 Å². The van der Waals surface area contributed by atoms with Crippen LogP contribution in [0.3, 0.4) is 0 Å². The normalized spacial score (nSPS) is 9.88. The highest BCUT2D eigenvalue weighted by atomic mass is 16.7. The molecule has 1 N–H and O–H groups in total. The molecule has 0 bridgehead atoms. The van der Waals surface area contributed by atoms with Crippen LogP contribution in [0.1, 0.15) is 10.4 Å². The number of nitrogens with one attached hydrogen (secondary N) is 1. The average Bonchev–Trinajstić information content (AvgIpc) is 2.34. The van der Waals surface area contributed by atoms with E-state index in [2.05, 4.69) is 5.48 Å². The molecule has 1 aromatic rings. The molecule has 0 aliphatic rings. The fraction of sp³-hybridized carbons (Fsp3) is 0.364. The SMILES string of the molecule is COCCONC(=O)c1ccc(OC)cc1. The third-order valence-corrected chi connectivity index (χ3v) is 1.91. The maximum atomic E-state index is 11.5. The molecular formula is C11H15NO4. The zero-order valence-corrected chi connectivity index (χ0v) is 9.36. The fourth-order valence-corrected chi connectivity index (χ4v) is 1.04. The summed E-state index contributed by atoms with van der Waals surface area (Å²) < 4.78 is 9.75. The minimum atomic E-state index is -0.293. The van der Waals surface area contributed by atoms with Gasteiger partial charge in [0, 0.05) is 12.7 Å². The summed E-state index contributed by atoms with van der Waals surface area (Å²) >= 11 is 0. The predicted molar refractivity (Wildman–Crippen MR) is 58.3 cm³/mol. The van der Waals surface area contributed by atoms with Crippen LogP contribution in [0.15, 0.2) is 24.3 Å². The van der Waals surface area contributed by atoms with Gasteiger partial charge in [-0.2, -0.15) is 0 Å². The van der Waals surface area contributed by atoms with Gasteiger partial charge < -0.3 is 9.47 Å². The molecule has 5 heteroatoms. The van der Waals surface area contributed by atoms with Gasteiger partial charge in [0.25, 0.3) is 5.91 Å².